The third-order valence-corrected chi connectivity index (χ3v) is 6.26. The van der Waals surface area contributed by atoms with Crippen molar-refractivity contribution in [3.63, 3.8) is 0 Å². The van der Waals surface area contributed by atoms with Crippen molar-refractivity contribution in [1.82, 2.24) is 19.9 Å². The number of aromatic amines is 1. The minimum Gasteiger partial charge on any atom is -0.278 e. The molecule has 3 aromatic rings. The molecule has 7 nitrogen and oxygen atoms in total. The van der Waals surface area contributed by atoms with Crippen LogP contribution in [0.1, 0.15) is 23.2 Å². The molecule has 1 atom stereocenters. The van der Waals surface area contributed by atoms with Gasteiger partial charge in [0.2, 0.25) is 10.0 Å². The molecule has 1 unspecified atom stereocenters. The zero-order valence-electron chi connectivity index (χ0n) is 15.0. The summed E-state index contributed by atoms with van der Waals surface area (Å²) >= 11 is 0. The molecule has 0 bridgehead atoms. The van der Waals surface area contributed by atoms with E-state index in [4.69, 9.17) is 5.26 Å². The average Bonchev–Trinajstić information content (AvgIpc) is 3.16. The lowest BCUT2D eigenvalue weighted by Crippen LogP contribution is -2.34. The molecule has 2 aromatic heterocycles. The summed E-state index contributed by atoms with van der Waals surface area (Å²) in [4.78, 5) is 4.56. The maximum Gasteiger partial charge on any atom is 0.241 e. The Morgan fingerprint density at radius 3 is 2.89 bits per heavy atom. The number of fused-ring (bicyclic) bond motifs is 1. The molecule has 2 N–H and O–H groups in total. The van der Waals surface area contributed by atoms with Crippen molar-refractivity contribution in [2.45, 2.75) is 24.3 Å². The zero-order chi connectivity index (χ0) is 19.7. The number of benzene rings is 1. The van der Waals surface area contributed by atoms with Gasteiger partial charge in [0.05, 0.1) is 33.9 Å². The number of rotatable bonds is 4. The number of H-pyrrole nitrogens is 1. The molecule has 0 fully saturated rings. The van der Waals surface area contributed by atoms with Crippen molar-refractivity contribution in [3.8, 4) is 6.07 Å². The van der Waals surface area contributed by atoms with Gasteiger partial charge in [-0.05, 0) is 42.7 Å². The first-order valence-electron chi connectivity index (χ1n) is 8.67. The summed E-state index contributed by atoms with van der Waals surface area (Å²) in [6, 6.07) is 8.17. The summed E-state index contributed by atoms with van der Waals surface area (Å²) in [6.45, 7) is 1.71. The lowest BCUT2D eigenvalue weighted by molar-refractivity contribution is 0.570. The van der Waals surface area contributed by atoms with Crippen LogP contribution in [0.2, 0.25) is 0 Å². The van der Waals surface area contributed by atoms with Crippen molar-refractivity contribution in [2.24, 2.45) is 0 Å². The number of hydrogen-bond donors (Lipinski definition) is 2. The largest absolute Gasteiger partial charge is 0.278 e. The molecule has 0 spiro atoms. The number of hydrogen-bond acceptors (Lipinski definition) is 5. The summed E-state index contributed by atoms with van der Waals surface area (Å²) < 4.78 is 28.2. The number of allylic oxidation sites excluding steroid dienone is 2. The van der Waals surface area contributed by atoms with E-state index in [0.717, 1.165) is 22.2 Å². The lowest BCUT2D eigenvalue weighted by atomic mass is 10.0. The second kappa shape index (κ2) is 7.03. The van der Waals surface area contributed by atoms with E-state index in [-0.39, 0.29) is 10.9 Å². The maximum atomic E-state index is 12.8. The fraction of sp³-hybridized carbons (Fsp3) is 0.150. The molecule has 0 radical (unpaired) electrons. The van der Waals surface area contributed by atoms with Gasteiger partial charge in [0.1, 0.15) is 0 Å². The van der Waals surface area contributed by atoms with Gasteiger partial charge in [-0.2, -0.15) is 10.4 Å². The van der Waals surface area contributed by atoms with Crippen LogP contribution >= 0.6 is 0 Å². The molecule has 140 valence electrons. The number of nitriles is 1. The Morgan fingerprint density at radius 2 is 2.14 bits per heavy atom. The highest BCUT2D eigenvalue weighted by Gasteiger charge is 2.22. The molecule has 0 aliphatic heterocycles. The minimum absolute atomic E-state index is 0.126. The van der Waals surface area contributed by atoms with Gasteiger partial charge in [0.25, 0.3) is 0 Å². The van der Waals surface area contributed by atoms with Crippen molar-refractivity contribution in [1.29, 1.82) is 5.26 Å². The number of sulfonamides is 1. The molecule has 28 heavy (non-hydrogen) atoms. The third kappa shape index (κ3) is 3.45. The molecule has 0 amide bonds. The molecule has 1 aliphatic rings. The smallest absolute Gasteiger partial charge is 0.241 e. The Kier molecular flexibility index (Phi) is 4.55. The number of aryl methyl sites for hydroxylation is 1. The van der Waals surface area contributed by atoms with E-state index in [1.54, 1.807) is 31.5 Å². The topological polar surface area (TPSA) is 112 Å². The predicted octanol–water partition coefficient (Wildman–Crippen LogP) is 2.83. The quantitative estimate of drug-likeness (QED) is 0.710. The molecule has 1 aliphatic carbocycles. The molecule has 4 rings (SSSR count). The molecular formula is C20H17N5O2S. The summed E-state index contributed by atoms with van der Waals surface area (Å²) in [5.74, 6) is 0. The Balaban J connectivity index is 1.52. The summed E-state index contributed by atoms with van der Waals surface area (Å²) in [5.41, 5.74) is 3.53. The first-order chi connectivity index (χ1) is 13.5. The Morgan fingerprint density at radius 1 is 1.29 bits per heavy atom. The van der Waals surface area contributed by atoms with Gasteiger partial charge in [-0.3, -0.25) is 10.1 Å². The monoisotopic (exact) mass is 391 g/mol. The number of pyridine rings is 1. The van der Waals surface area contributed by atoms with Crippen LogP contribution in [0.5, 0.6) is 0 Å². The van der Waals surface area contributed by atoms with Gasteiger partial charge < -0.3 is 0 Å². The van der Waals surface area contributed by atoms with Gasteiger partial charge in [-0.15, -0.1) is 0 Å². The number of nitrogens with one attached hydrogen (secondary N) is 2. The van der Waals surface area contributed by atoms with Crippen molar-refractivity contribution < 1.29 is 8.42 Å². The third-order valence-electron chi connectivity index (χ3n) is 4.63. The van der Waals surface area contributed by atoms with Crippen LogP contribution in [-0.2, 0) is 10.0 Å². The van der Waals surface area contributed by atoms with Crippen LogP contribution in [0, 0.1) is 18.3 Å². The Hall–Kier alpha value is -3.28. The van der Waals surface area contributed by atoms with Gasteiger partial charge in [-0.25, -0.2) is 13.1 Å². The van der Waals surface area contributed by atoms with E-state index in [1.165, 1.54) is 6.07 Å². The SMILES string of the molecule is Cc1ccc(C#N)cc1S(=O)(=O)NC1C=CC(c2cc3[nH]ncc3cn2)=CC1. The van der Waals surface area contributed by atoms with E-state index in [1.807, 2.05) is 30.4 Å². The van der Waals surface area contributed by atoms with Crippen molar-refractivity contribution in [2.75, 3.05) is 0 Å². The highest BCUT2D eigenvalue weighted by atomic mass is 32.2. The number of nitrogens with zero attached hydrogens (tertiary/aromatic N) is 3. The van der Waals surface area contributed by atoms with Crippen LogP contribution < -0.4 is 4.72 Å². The second-order valence-electron chi connectivity index (χ2n) is 6.60. The van der Waals surface area contributed by atoms with Crippen molar-refractivity contribution >= 4 is 26.5 Å². The summed E-state index contributed by atoms with van der Waals surface area (Å²) in [6.07, 6.45) is 9.60. The van der Waals surface area contributed by atoms with E-state index >= 15 is 0 Å². The number of aromatic nitrogens is 3. The van der Waals surface area contributed by atoms with Crippen LogP contribution in [0.25, 0.3) is 16.5 Å². The molecule has 1 aromatic carbocycles. The van der Waals surface area contributed by atoms with Crippen LogP contribution in [0.3, 0.4) is 0 Å². The molecule has 0 saturated carbocycles. The first-order valence-corrected chi connectivity index (χ1v) is 10.2. The van der Waals surface area contributed by atoms with Crippen LogP contribution in [-0.4, -0.2) is 29.6 Å². The molecule has 8 heteroatoms. The van der Waals surface area contributed by atoms with E-state index in [2.05, 4.69) is 19.9 Å². The fourth-order valence-electron chi connectivity index (χ4n) is 3.11. The average molecular weight is 391 g/mol. The van der Waals surface area contributed by atoms with Crippen molar-refractivity contribution in [3.05, 3.63) is 71.7 Å². The summed E-state index contributed by atoms with van der Waals surface area (Å²) in [5, 5.41) is 16.9. The van der Waals surface area contributed by atoms with Gasteiger partial charge in [0.15, 0.2) is 0 Å². The van der Waals surface area contributed by atoms with Crippen LogP contribution in [0.15, 0.2) is 59.8 Å². The van der Waals surface area contributed by atoms with Gasteiger partial charge >= 0.3 is 0 Å². The standard InChI is InChI=1S/C20H17N5O2S/c1-13-2-3-14(10-21)8-20(13)28(26,27)25-17-6-4-15(5-7-17)18-9-19-16(11-22-18)12-23-24-19/h2-6,8-9,11-12,17,25H,7H2,1H3,(H,23,24). The normalized spacial score (nSPS) is 16.7. The highest BCUT2D eigenvalue weighted by Crippen LogP contribution is 2.24. The Bertz CT molecular complexity index is 1270. The Labute approximate surface area is 162 Å². The highest BCUT2D eigenvalue weighted by molar-refractivity contribution is 7.89. The van der Waals surface area contributed by atoms with E-state index in [0.29, 0.717) is 17.5 Å². The predicted molar refractivity (Wildman–Crippen MR) is 106 cm³/mol. The molecular weight excluding hydrogens is 374 g/mol. The second-order valence-corrected chi connectivity index (χ2v) is 8.28. The molecule has 0 saturated heterocycles. The first kappa shape index (κ1) is 18.1. The van der Waals surface area contributed by atoms with E-state index in [9.17, 15) is 8.42 Å². The zero-order valence-corrected chi connectivity index (χ0v) is 15.9. The van der Waals surface area contributed by atoms with Gasteiger partial charge in [-0.1, -0.05) is 24.3 Å². The van der Waals surface area contributed by atoms with E-state index < -0.39 is 10.0 Å². The fourth-order valence-corrected chi connectivity index (χ4v) is 4.59. The minimum atomic E-state index is -3.74. The maximum absolute atomic E-state index is 12.8. The lowest BCUT2D eigenvalue weighted by Gasteiger charge is -2.18. The van der Waals surface area contributed by atoms with Gasteiger partial charge in [0, 0.05) is 17.6 Å². The molecule has 2 heterocycles. The summed E-state index contributed by atoms with van der Waals surface area (Å²) in [7, 11) is -3.74. The van der Waals surface area contributed by atoms with Crippen LogP contribution in [0.4, 0.5) is 0 Å².